The predicted octanol–water partition coefficient (Wildman–Crippen LogP) is 4.03. The topological polar surface area (TPSA) is 66.8 Å². The predicted molar refractivity (Wildman–Crippen MR) is 109 cm³/mol. The largest absolute Gasteiger partial charge is 0.316 e. The molecule has 142 valence electrons. The van der Waals surface area contributed by atoms with Crippen LogP contribution in [0.3, 0.4) is 0 Å². The van der Waals surface area contributed by atoms with Crippen LogP contribution in [0.1, 0.15) is 26.7 Å². The number of rotatable bonds is 4. The third-order valence-electron chi connectivity index (χ3n) is 4.79. The molecule has 0 N–H and O–H groups in total. The van der Waals surface area contributed by atoms with Gasteiger partial charge in [-0.25, -0.2) is 8.42 Å². The maximum Gasteiger partial charge on any atom is 0.251 e. The molecule has 2 atom stereocenters. The summed E-state index contributed by atoms with van der Waals surface area (Å²) < 4.78 is 24.2. The van der Waals surface area contributed by atoms with Crippen LogP contribution in [0.4, 0.5) is 5.69 Å². The molecule has 2 aliphatic heterocycles. The zero-order chi connectivity index (χ0) is 19.1. The first-order chi connectivity index (χ1) is 12.3. The Bertz CT molecular complexity index is 854. The van der Waals surface area contributed by atoms with E-state index in [0.717, 1.165) is 12.8 Å². The van der Waals surface area contributed by atoms with E-state index >= 15 is 0 Å². The number of amidine groups is 1. The molecule has 2 saturated heterocycles. The van der Waals surface area contributed by atoms with Crippen LogP contribution in [0.5, 0.6) is 0 Å². The Labute approximate surface area is 168 Å². The molecule has 1 amide bonds. The maximum atomic E-state index is 12.5. The van der Waals surface area contributed by atoms with Gasteiger partial charge in [0.1, 0.15) is 0 Å². The third-order valence-corrected chi connectivity index (χ3v) is 8.74. The molecule has 0 unspecified atom stereocenters. The second-order valence-corrected chi connectivity index (χ2v) is 10.7. The lowest BCUT2D eigenvalue weighted by Gasteiger charge is -2.25. The van der Waals surface area contributed by atoms with Gasteiger partial charge in [-0.2, -0.15) is 4.99 Å². The first kappa shape index (κ1) is 20.0. The van der Waals surface area contributed by atoms with Crippen molar-refractivity contribution in [3.63, 3.8) is 0 Å². The lowest BCUT2D eigenvalue weighted by Crippen LogP contribution is -2.37. The summed E-state index contributed by atoms with van der Waals surface area (Å²) in [6.45, 7) is 3.93. The molecule has 5 nitrogen and oxygen atoms in total. The molecule has 2 heterocycles. The van der Waals surface area contributed by atoms with Crippen molar-refractivity contribution in [2.75, 3.05) is 16.4 Å². The highest BCUT2D eigenvalue weighted by molar-refractivity contribution is 8.16. The summed E-state index contributed by atoms with van der Waals surface area (Å²) in [5, 5.41) is 1.21. The number of hydrogen-bond donors (Lipinski definition) is 0. The number of carbonyl (C=O) groups excluding carboxylic acids is 1. The summed E-state index contributed by atoms with van der Waals surface area (Å²) in [6.07, 6.45) is 1.45. The van der Waals surface area contributed by atoms with Gasteiger partial charge in [-0.3, -0.25) is 4.79 Å². The Hall–Kier alpha value is -0.760. The molecule has 1 aromatic rings. The fourth-order valence-electron chi connectivity index (χ4n) is 3.32. The van der Waals surface area contributed by atoms with Crippen LogP contribution in [-0.4, -0.2) is 42.3 Å². The normalized spacial score (nSPS) is 25.9. The van der Waals surface area contributed by atoms with Gasteiger partial charge in [-0.15, -0.1) is 0 Å². The molecule has 2 aliphatic rings. The smallest absolute Gasteiger partial charge is 0.251 e. The number of benzene rings is 1. The van der Waals surface area contributed by atoms with Gasteiger partial charge in [0.2, 0.25) is 0 Å². The van der Waals surface area contributed by atoms with Gasteiger partial charge in [0.25, 0.3) is 5.91 Å². The Balaban J connectivity index is 2.01. The van der Waals surface area contributed by atoms with Crippen molar-refractivity contribution >= 4 is 61.6 Å². The van der Waals surface area contributed by atoms with Crippen molar-refractivity contribution in [3.05, 3.63) is 28.2 Å². The van der Waals surface area contributed by atoms with Crippen molar-refractivity contribution in [1.29, 1.82) is 0 Å². The number of nitrogens with zero attached hydrogens (tertiary/aromatic N) is 2. The molecule has 0 spiro atoms. The molecular weight excluding hydrogens is 415 g/mol. The van der Waals surface area contributed by atoms with Crippen LogP contribution in [-0.2, 0) is 14.6 Å². The van der Waals surface area contributed by atoms with Gasteiger partial charge in [-0.05, 0) is 31.0 Å². The monoisotopic (exact) mass is 434 g/mol. The van der Waals surface area contributed by atoms with Gasteiger partial charge in [0.05, 0.1) is 27.6 Å². The molecule has 1 aromatic carbocycles. The molecule has 0 aliphatic carbocycles. The summed E-state index contributed by atoms with van der Waals surface area (Å²) >= 11 is 13.5. The minimum atomic E-state index is -3.10. The standard InChI is InChI=1S/C17H20Cl2N2O3S2/c1-3-10(4-2)16(22)20-17-21(11-5-6-12(18)13(19)7-11)14-8-26(23,24)9-15(14)25-17/h5-7,10,14-15H,3-4,8-9H2,1-2H3/t14-,15-/m0/s1. The quantitative estimate of drug-likeness (QED) is 0.715. The highest BCUT2D eigenvalue weighted by Gasteiger charge is 2.49. The van der Waals surface area contributed by atoms with Crippen molar-refractivity contribution in [2.45, 2.75) is 38.0 Å². The summed E-state index contributed by atoms with van der Waals surface area (Å²) in [4.78, 5) is 18.7. The van der Waals surface area contributed by atoms with Gasteiger partial charge >= 0.3 is 0 Å². The second-order valence-electron chi connectivity index (χ2n) is 6.52. The van der Waals surface area contributed by atoms with Crippen molar-refractivity contribution in [2.24, 2.45) is 10.9 Å². The van der Waals surface area contributed by atoms with Crippen LogP contribution < -0.4 is 4.90 Å². The van der Waals surface area contributed by atoms with E-state index in [2.05, 4.69) is 4.99 Å². The Morgan fingerprint density at radius 2 is 1.96 bits per heavy atom. The Morgan fingerprint density at radius 1 is 1.27 bits per heavy atom. The number of sulfone groups is 1. The summed E-state index contributed by atoms with van der Waals surface area (Å²) in [5.74, 6) is -0.144. The van der Waals surface area contributed by atoms with E-state index in [1.54, 1.807) is 18.2 Å². The SMILES string of the molecule is CCC(CC)C(=O)N=C1S[C@H]2CS(=O)(=O)C[C@@H]2N1c1ccc(Cl)c(Cl)c1. The molecule has 0 bridgehead atoms. The lowest BCUT2D eigenvalue weighted by atomic mass is 10.0. The molecule has 9 heteroatoms. The van der Waals surface area contributed by atoms with Crippen molar-refractivity contribution < 1.29 is 13.2 Å². The Morgan fingerprint density at radius 3 is 2.58 bits per heavy atom. The van der Waals surface area contributed by atoms with Crippen LogP contribution in [0.2, 0.25) is 10.0 Å². The van der Waals surface area contributed by atoms with E-state index in [1.165, 1.54) is 11.8 Å². The van der Waals surface area contributed by atoms with Crippen LogP contribution in [0.15, 0.2) is 23.2 Å². The average Bonchev–Trinajstić information content (AvgIpc) is 3.02. The van der Waals surface area contributed by atoms with E-state index in [-0.39, 0.29) is 34.6 Å². The summed E-state index contributed by atoms with van der Waals surface area (Å²) in [6, 6.07) is 4.88. The molecule has 3 rings (SSSR count). The van der Waals surface area contributed by atoms with Gasteiger partial charge in [0, 0.05) is 16.9 Å². The molecule has 26 heavy (non-hydrogen) atoms. The van der Waals surface area contributed by atoms with E-state index in [0.29, 0.717) is 20.9 Å². The molecule has 2 fully saturated rings. The van der Waals surface area contributed by atoms with Crippen LogP contribution >= 0.6 is 35.0 Å². The highest BCUT2D eigenvalue weighted by atomic mass is 35.5. The summed E-state index contributed by atoms with van der Waals surface area (Å²) in [7, 11) is -3.10. The van der Waals surface area contributed by atoms with Crippen LogP contribution in [0.25, 0.3) is 0 Å². The highest BCUT2D eigenvalue weighted by Crippen LogP contribution is 2.42. The number of anilines is 1. The van der Waals surface area contributed by atoms with Crippen molar-refractivity contribution in [3.8, 4) is 0 Å². The minimum Gasteiger partial charge on any atom is -0.316 e. The zero-order valence-corrected chi connectivity index (χ0v) is 17.6. The molecular formula is C17H20Cl2N2O3S2. The first-order valence-electron chi connectivity index (χ1n) is 8.49. The van der Waals surface area contributed by atoms with Crippen LogP contribution in [0, 0.1) is 5.92 Å². The van der Waals surface area contributed by atoms with Gasteiger partial charge in [-0.1, -0.05) is 48.8 Å². The first-order valence-corrected chi connectivity index (χ1v) is 11.9. The number of aliphatic imine (C=N–C) groups is 1. The number of hydrogen-bond acceptors (Lipinski definition) is 4. The minimum absolute atomic E-state index is 0.0447. The van der Waals surface area contributed by atoms with Crippen molar-refractivity contribution in [1.82, 2.24) is 0 Å². The number of thioether (sulfide) groups is 1. The molecule has 0 saturated carbocycles. The maximum absolute atomic E-state index is 12.5. The zero-order valence-electron chi connectivity index (χ0n) is 14.5. The molecule has 0 aromatic heterocycles. The van der Waals surface area contributed by atoms with Gasteiger partial charge in [0.15, 0.2) is 15.0 Å². The molecule has 0 radical (unpaired) electrons. The third kappa shape index (κ3) is 3.91. The van der Waals surface area contributed by atoms with Gasteiger partial charge < -0.3 is 4.90 Å². The second kappa shape index (κ2) is 7.70. The lowest BCUT2D eigenvalue weighted by molar-refractivity contribution is -0.121. The average molecular weight is 435 g/mol. The number of halogens is 2. The number of fused-ring (bicyclic) bond motifs is 1. The Kier molecular flexibility index (Phi) is 5.92. The number of carbonyl (C=O) groups is 1. The summed E-state index contributed by atoms with van der Waals surface area (Å²) in [5.41, 5.74) is 0.701. The fraction of sp³-hybridized carbons (Fsp3) is 0.529. The fourth-order valence-corrected chi connectivity index (χ4v) is 7.54. The van der Waals surface area contributed by atoms with E-state index in [4.69, 9.17) is 23.2 Å². The van der Waals surface area contributed by atoms with E-state index < -0.39 is 9.84 Å². The van der Waals surface area contributed by atoms with E-state index in [1.807, 2.05) is 18.7 Å². The van der Waals surface area contributed by atoms with E-state index in [9.17, 15) is 13.2 Å². The number of amides is 1.